The van der Waals surface area contributed by atoms with E-state index in [0.717, 1.165) is 24.1 Å². The number of benzene rings is 2. The summed E-state index contributed by atoms with van der Waals surface area (Å²) in [7, 11) is 0. The highest BCUT2D eigenvalue weighted by Gasteiger charge is 2.35. The Morgan fingerprint density at radius 1 is 1.15 bits per heavy atom. The van der Waals surface area contributed by atoms with E-state index in [4.69, 9.17) is 36.3 Å². The Balaban J connectivity index is 1.55. The number of halogens is 1. The number of rotatable bonds is 8. The van der Waals surface area contributed by atoms with Gasteiger partial charge in [-0.15, -0.1) is 0 Å². The number of aromatic nitrogens is 1. The van der Waals surface area contributed by atoms with Gasteiger partial charge in [0.15, 0.2) is 11.5 Å². The van der Waals surface area contributed by atoms with Gasteiger partial charge in [0.1, 0.15) is 24.0 Å². The maximum Gasteiger partial charge on any atom is 0.258 e. The summed E-state index contributed by atoms with van der Waals surface area (Å²) in [5, 5.41) is 10.7. The molecule has 0 unspecified atom stereocenters. The second-order valence-corrected chi connectivity index (χ2v) is 10.0. The van der Waals surface area contributed by atoms with E-state index in [0.29, 0.717) is 59.8 Å². The molecule has 1 fully saturated rings. The van der Waals surface area contributed by atoms with Gasteiger partial charge in [0.05, 0.1) is 30.7 Å². The lowest BCUT2D eigenvalue weighted by atomic mass is 9.83. The molecule has 202 valence electrons. The molecule has 0 radical (unpaired) electrons. The standard InChI is InChI=1S/C30H30ClN3O5/c1-3-36-25-14-20(8-11-24(25)38-17-19-6-9-21(31)10-7-19)27-23(15-32)29(33)39-26-13-18(2)34(30(35)28(26)27)16-22-5-4-12-37-22/h6-11,13-14,22,27H,3-5,12,16-17,33H2,1-2H3/t22-,27+/m0/s1. The van der Waals surface area contributed by atoms with Gasteiger partial charge in [-0.2, -0.15) is 5.26 Å². The fourth-order valence-electron chi connectivity index (χ4n) is 5.07. The summed E-state index contributed by atoms with van der Waals surface area (Å²) in [6.07, 6.45) is 1.84. The molecule has 39 heavy (non-hydrogen) atoms. The van der Waals surface area contributed by atoms with Crippen molar-refractivity contribution >= 4 is 11.6 Å². The smallest absolute Gasteiger partial charge is 0.258 e. The zero-order valence-electron chi connectivity index (χ0n) is 21.9. The van der Waals surface area contributed by atoms with Crippen LogP contribution in [0.4, 0.5) is 0 Å². The molecule has 2 aromatic carbocycles. The topological polar surface area (TPSA) is 109 Å². The van der Waals surface area contributed by atoms with Gasteiger partial charge in [-0.05, 0) is 62.1 Å². The van der Waals surface area contributed by atoms with E-state index in [2.05, 4.69) is 6.07 Å². The third-order valence-electron chi connectivity index (χ3n) is 7.01. The van der Waals surface area contributed by atoms with Crippen molar-refractivity contribution in [2.24, 2.45) is 5.73 Å². The molecule has 8 nitrogen and oxygen atoms in total. The summed E-state index contributed by atoms with van der Waals surface area (Å²) in [6.45, 7) is 5.59. The Morgan fingerprint density at radius 3 is 2.64 bits per heavy atom. The average Bonchev–Trinajstić information content (AvgIpc) is 3.44. The quantitative estimate of drug-likeness (QED) is 0.413. The first-order valence-corrected chi connectivity index (χ1v) is 13.3. The number of aryl methyl sites for hydroxylation is 1. The van der Waals surface area contributed by atoms with Gasteiger partial charge >= 0.3 is 0 Å². The van der Waals surface area contributed by atoms with E-state index in [1.807, 2.05) is 44.2 Å². The Kier molecular flexibility index (Phi) is 7.82. The van der Waals surface area contributed by atoms with Gasteiger partial charge in [-0.3, -0.25) is 4.79 Å². The number of nitriles is 1. The predicted molar refractivity (Wildman–Crippen MR) is 147 cm³/mol. The molecular formula is C30H30ClN3O5. The van der Waals surface area contributed by atoms with E-state index in [1.54, 1.807) is 22.8 Å². The predicted octanol–water partition coefficient (Wildman–Crippen LogP) is 5.19. The third-order valence-corrected chi connectivity index (χ3v) is 7.26. The van der Waals surface area contributed by atoms with Crippen molar-refractivity contribution in [2.45, 2.75) is 51.9 Å². The molecule has 5 rings (SSSR count). The molecule has 2 atom stereocenters. The molecule has 0 saturated carbocycles. The molecule has 2 N–H and O–H groups in total. The van der Waals surface area contributed by atoms with Gasteiger partial charge in [0.25, 0.3) is 5.56 Å². The summed E-state index contributed by atoms with van der Waals surface area (Å²) >= 11 is 5.99. The van der Waals surface area contributed by atoms with Gasteiger partial charge in [-0.25, -0.2) is 0 Å². The average molecular weight is 548 g/mol. The van der Waals surface area contributed by atoms with Gasteiger partial charge < -0.3 is 29.2 Å². The number of nitrogens with two attached hydrogens (primary N) is 1. The van der Waals surface area contributed by atoms with Crippen LogP contribution in [0.15, 0.2) is 64.8 Å². The summed E-state index contributed by atoms with van der Waals surface area (Å²) in [5.74, 6) is 0.639. The normalized spacial score (nSPS) is 18.3. The second-order valence-electron chi connectivity index (χ2n) is 9.59. The summed E-state index contributed by atoms with van der Waals surface area (Å²) < 4.78 is 25.3. The molecular weight excluding hydrogens is 518 g/mol. The molecule has 0 amide bonds. The van der Waals surface area contributed by atoms with Crippen molar-refractivity contribution in [3.8, 4) is 23.3 Å². The summed E-state index contributed by atoms with van der Waals surface area (Å²) in [4.78, 5) is 13.9. The minimum absolute atomic E-state index is 0.0216. The Morgan fingerprint density at radius 2 is 1.95 bits per heavy atom. The van der Waals surface area contributed by atoms with Crippen LogP contribution in [-0.2, 0) is 17.9 Å². The van der Waals surface area contributed by atoms with E-state index in [1.165, 1.54) is 0 Å². The molecule has 1 saturated heterocycles. The largest absolute Gasteiger partial charge is 0.490 e. The molecule has 2 aliphatic heterocycles. The van der Waals surface area contributed by atoms with Crippen molar-refractivity contribution in [1.82, 2.24) is 4.57 Å². The minimum atomic E-state index is -0.730. The monoisotopic (exact) mass is 547 g/mol. The van der Waals surface area contributed by atoms with Crippen LogP contribution in [0.25, 0.3) is 0 Å². The SMILES string of the molecule is CCOc1cc([C@@H]2C(C#N)=C(N)Oc3cc(C)n(C[C@@H]4CCCO4)c(=O)c32)ccc1OCc1ccc(Cl)cc1. The van der Waals surface area contributed by atoms with Crippen LogP contribution in [0.3, 0.4) is 0 Å². The zero-order valence-corrected chi connectivity index (χ0v) is 22.7. The number of ether oxygens (including phenoxy) is 4. The van der Waals surface area contributed by atoms with Crippen LogP contribution in [0.5, 0.6) is 17.2 Å². The van der Waals surface area contributed by atoms with Crippen LogP contribution in [0.1, 0.15) is 48.1 Å². The van der Waals surface area contributed by atoms with Gasteiger partial charge in [0, 0.05) is 23.4 Å². The first-order valence-electron chi connectivity index (χ1n) is 13.0. The lowest BCUT2D eigenvalue weighted by Gasteiger charge is -2.28. The number of hydrogen-bond donors (Lipinski definition) is 1. The molecule has 1 aromatic heterocycles. The highest BCUT2D eigenvalue weighted by molar-refractivity contribution is 6.30. The van der Waals surface area contributed by atoms with Crippen molar-refractivity contribution in [1.29, 1.82) is 5.26 Å². The molecule has 0 spiro atoms. The van der Waals surface area contributed by atoms with Crippen molar-refractivity contribution in [3.05, 3.63) is 97.7 Å². The second kappa shape index (κ2) is 11.4. The summed E-state index contributed by atoms with van der Waals surface area (Å²) in [5.41, 5.74) is 8.86. The summed E-state index contributed by atoms with van der Waals surface area (Å²) in [6, 6.07) is 16.8. The number of pyridine rings is 1. The Labute approximate surface area is 232 Å². The van der Waals surface area contributed by atoms with Crippen LogP contribution < -0.4 is 25.5 Å². The Hall–Kier alpha value is -3.93. The molecule has 3 heterocycles. The van der Waals surface area contributed by atoms with E-state index in [9.17, 15) is 10.1 Å². The third kappa shape index (κ3) is 5.47. The van der Waals surface area contributed by atoms with Crippen molar-refractivity contribution in [3.63, 3.8) is 0 Å². The maximum absolute atomic E-state index is 13.9. The fourth-order valence-corrected chi connectivity index (χ4v) is 5.20. The number of allylic oxidation sites excluding steroid dienone is 1. The lowest BCUT2D eigenvalue weighted by molar-refractivity contribution is 0.0955. The molecule has 3 aromatic rings. The maximum atomic E-state index is 13.9. The van der Waals surface area contributed by atoms with E-state index >= 15 is 0 Å². The van der Waals surface area contributed by atoms with Crippen LogP contribution in [-0.4, -0.2) is 23.9 Å². The molecule has 0 aliphatic carbocycles. The first kappa shape index (κ1) is 26.7. The fraction of sp³-hybridized carbons (Fsp3) is 0.333. The highest BCUT2D eigenvalue weighted by atomic mass is 35.5. The van der Waals surface area contributed by atoms with Gasteiger partial charge in [-0.1, -0.05) is 29.8 Å². The first-order chi connectivity index (χ1) is 18.9. The number of fused-ring (bicyclic) bond motifs is 1. The van der Waals surface area contributed by atoms with Crippen LogP contribution in [0, 0.1) is 18.3 Å². The van der Waals surface area contributed by atoms with Crippen molar-refractivity contribution in [2.75, 3.05) is 13.2 Å². The highest BCUT2D eigenvalue weighted by Crippen LogP contribution is 2.43. The Bertz CT molecular complexity index is 1500. The minimum Gasteiger partial charge on any atom is -0.490 e. The van der Waals surface area contributed by atoms with E-state index in [-0.39, 0.29) is 23.1 Å². The number of hydrogen-bond acceptors (Lipinski definition) is 7. The number of nitrogens with zero attached hydrogens (tertiary/aromatic N) is 2. The lowest BCUT2D eigenvalue weighted by Crippen LogP contribution is -2.35. The molecule has 2 aliphatic rings. The van der Waals surface area contributed by atoms with E-state index < -0.39 is 5.92 Å². The molecule has 9 heteroatoms. The van der Waals surface area contributed by atoms with Crippen LogP contribution in [0.2, 0.25) is 5.02 Å². The zero-order chi connectivity index (χ0) is 27.5. The molecule has 0 bridgehead atoms. The van der Waals surface area contributed by atoms with Gasteiger partial charge in [0.2, 0.25) is 5.88 Å². The van der Waals surface area contributed by atoms with Crippen molar-refractivity contribution < 1.29 is 18.9 Å². The van der Waals surface area contributed by atoms with Crippen LogP contribution >= 0.6 is 11.6 Å².